The Morgan fingerprint density at radius 1 is 1.05 bits per heavy atom. The summed E-state index contributed by atoms with van der Waals surface area (Å²) in [6.45, 7) is 7.70. The van der Waals surface area contributed by atoms with E-state index in [4.69, 9.17) is 9.47 Å². The number of nitrogens with one attached hydrogen (secondary N) is 1. The van der Waals surface area contributed by atoms with Crippen LogP contribution >= 0.6 is 0 Å². The third-order valence-corrected chi connectivity index (χ3v) is 3.57. The highest BCUT2D eigenvalue weighted by Crippen LogP contribution is 2.21. The van der Waals surface area contributed by atoms with Crippen LogP contribution in [0.2, 0.25) is 0 Å². The molecular weight excluding hydrogens is 262 g/mol. The van der Waals surface area contributed by atoms with Gasteiger partial charge in [0.15, 0.2) is 0 Å². The summed E-state index contributed by atoms with van der Waals surface area (Å²) in [5.41, 5.74) is 2.42. The molecule has 0 saturated carbocycles. The SMILES string of the molecule is CCCCCCCOCc1cc(CNCC)ccc1OC. The summed E-state index contributed by atoms with van der Waals surface area (Å²) in [5.74, 6) is 0.918. The Bertz CT molecular complexity index is 379. The van der Waals surface area contributed by atoms with Crippen molar-refractivity contribution in [2.24, 2.45) is 0 Å². The molecule has 0 bridgehead atoms. The van der Waals surface area contributed by atoms with Crippen molar-refractivity contribution in [3.05, 3.63) is 29.3 Å². The van der Waals surface area contributed by atoms with Crippen LogP contribution in [0.3, 0.4) is 0 Å². The van der Waals surface area contributed by atoms with E-state index in [0.717, 1.165) is 37.4 Å². The summed E-state index contributed by atoms with van der Waals surface area (Å²) in [6.07, 6.45) is 6.36. The largest absolute Gasteiger partial charge is 0.496 e. The minimum absolute atomic E-state index is 0.636. The maximum Gasteiger partial charge on any atom is 0.124 e. The lowest BCUT2D eigenvalue weighted by Gasteiger charge is -2.12. The molecule has 1 aromatic rings. The van der Waals surface area contributed by atoms with E-state index in [1.165, 1.54) is 31.2 Å². The highest BCUT2D eigenvalue weighted by Gasteiger charge is 2.05. The van der Waals surface area contributed by atoms with Gasteiger partial charge >= 0.3 is 0 Å². The Morgan fingerprint density at radius 3 is 2.57 bits per heavy atom. The molecule has 0 aromatic heterocycles. The van der Waals surface area contributed by atoms with Gasteiger partial charge in [0.2, 0.25) is 0 Å². The Labute approximate surface area is 130 Å². The first-order valence-corrected chi connectivity index (χ1v) is 8.26. The van der Waals surface area contributed by atoms with Gasteiger partial charge in [0.1, 0.15) is 5.75 Å². The van der Waals surface area contributed by atoms with Crippen molar-refractivity contribution in [3.63, 3.8) is 0 Å². The minimum atomic E-state index is 0.636. The van der Waals surface area contributed by atoms with Crippen molar-refractivity contribution in [2.45, 2.75) is 59.1 Å². The second kappa shape index (κ2) is 11.6. The van der Waals surface area contributed by atoms with Crippen LogP contribution in [0.1, 0.15) is 57.1 Å². The zero-order valence-electron chi connectivity index (χ0n) is 13.9. The van der Waals surface area contributed by atoms with Crippen molar-refractivity contribution >= 4 is 0 Å². The molecule has 0 aliphatic rings. The van der Waals surface area contributed by atoms with Gasteiger partial charge < -0.3 is 14.8 Å². The summed E-state index contributed by atoms with van der Waals surface area (Å²) >= 11 is 0. The van der Waals surface area contributed by atoms with Crippen molar-refractivity contribution in [1.29, 1.82) is 0 Å². The fourth-order valence-electron chi connectivity index (χ4n) is 2.31. The van der Waals surface area contributed by atoms with Gasteiger partial charge in [-0.25, -0.2) is 0 Å². The van der Waals surface area contributed by atoms with Gasteiger partial charge in [0.05, 0.1) is 13.7 Å². The van der Waals surface area contributed by atoms with Crippen molar-refractivity contribution in [2.75, 3.05) is 20.3 Å². The van der Waals surface area contributed by atoms with Crippen LogP contribution in [0, 0.1) is 0 Å². The molecule has 1 aromatic carbocycles. The van der Waals surface area contributed by atoms with Crippen molar-refractivity contribution in [1.82, 2.24) is 5.32 Å². The van der Waals surface area contributed by atoms with Crippen LogP contribution in [0.4, 0.5) is 0 Å². The van der Waals surface area contributed by atoms with Crippen LogP contribution < -0.4 is 10.1 Å². The first-order chi connectivity index (χ1) is 10.3. The van der Waals surface area contributed by atoms with Gasteiger partial charge in [-0.3, -0.25) is 0 Å². The smallest absolute Gasteiger partial charge is 0.124 e. The lowest BCUT2D eigenvalue weighted by Crippen LogP contribution is -2.12. The van der Waals surface area contributed by atoms with E-state index in [2.05, 4.69) is 31.3 Å². The lowest BCUT2D eigenvalue weighted by molar-refractivity contribution is 0.115. The maximum atomic E-state index is 5.80. The maximum absolute atomic E-state index is 5.80. The second-order valence-electron chi connectivity index (χ2n) is 5.39. The fraction of sp³-hybridized carbons (Fsp3) is 0.667. The summed E-state index contributed by atoms with van der Waals surface area (Å²) < 4.78 is 11.2. The van der Waals surface area contributed by atoms with Gasteiger partial charge in [-0.2, -0.15) is 0 Å². The topological polar surface area (TPSA) is 30.5 Å². The summed E-state index contributed by atoms with van der Waals surface area (Å²) in [6, 6.07) is 6.32. The van der Waals surface area contributed by atoms with E-state index >= 15 is 0 Å². The van der Waals surface area contributed by atoms with Gasteiger partial charge in [-0.15, -0.1) is 0 Å². The monoisotopic (exact) mass is 293 g/mol. The summed E-state index contributed by atoms with van der Waals surface area (Å²) in [5, 5.41) is 3.34. The number of unbranched alkanes of at least 4 members (excludes halogenated alkanes) is 4. The molecule has 0 saturated heterocycles. The van der Waals surface area contributed by atoms with Gasteiger partial charge in [-0.05, 0) is 30.7 Å². The zero-order chi connectivity index (χ0) is 15.3. The predicted octanol–water partition coefficient (Wildman–Crippen LogP) is 4.29. The van der Waals surface area contributed by atoms with Crippen LogP contribution in [0.25, 0.3) is 0 Å². The Kier molecular flexibility index (Phi) is 9.92. The van der Waals surface area contributed by atoms with E-state index in [9.17, 15) is 0 Å². The standard InChI is InChI=1S/C18H31NO2/c1-4-6-7-8-9-12-21-15-17-13-16(14-19-5-2)10-11-18(17)20-3/h10-11,13,19H,4-9,12,14-15H2,1-3H3. The zero-order valence-corrected chi connectivity index (χ0v) is 13.9. The molecule has 120 valence electrons. The lowest BCUT2D eigenvalue weighted by atomic mass is 10.1. The summed E-state index contributed by atoms with van der Waals surface area (Å²) in [4.78, 5) is 0. The molecular formula is C18H31NO2. The number of ether oxygens (including phenoxy) is 2. The normalized spacial score (nSPS) is 10.8. The molecule has 0 heterocycles. The van der Waals surface area contributed by atoms with Gasteiger partial charge in [0.25, 0.3) is 0 Å². The first-order valence-electron chi connectivity index (χ1n) is 8.26. The quantitative estimate of drug-likeness (QED) is 0.583. The predicted molar refractivity (Wildman–Crippen MR) is 88.8 cm³/mol. The van der Waals surface area contributed by atoms with E-state index in [0.29, 0.717) is 6.61 Å². The second-order valence-corrected chi connectivity index (χ2v) is 5.39. The third kappa shape index (κ3) is 7.49. The molecule has 1 N–H and O–H groups in total. The molecule has 0 amide bonds. The molecule has 1 rings (SSSR count). The van der Waals surface area contributed by atoms with Crippen LogP contribution in [0.15, 0.2) is 18.2 Å². The van der Waals surface area contributed by atoms with E-state index in [1.807, 2.05) is 6.07 Å². The van der Waals surface area contributed by atoms with Crippen molar-refractivity contribution in [3.8, 4) is 5.75 Å². The fourth-order valence-corrected chi connectivity index (χ4v) is 2.31. The van der Waals surface area contributed by atoms with Crippen molar-refractivity contribution < 1.29 is 9.47 Å². The van der Waals surface area contributed by atoms with E-state index in [-0.39, 0.29) is 0 Å². The van der Waals surface area contributed by atoms with Crippen LogP contribution in [-0.2, 0) is 17.9 Å². The Balaban J connectivity index is 2.37. The first kappa shape index (κ1) is 18.0. The number of rotatable bonds is 12. The number of hydrogen-bond acceptors (Lipinski definition) is 3. The molecule has 3 heteroatoms. The molecule has 21 heavy (non-hydrogen) atoms. The number of hydrogen-bond donors (Lipinski definition) is 1. The molecule has 3 nitrogen and oxygen atoms in total. The molecule has 0 aliphatic heterocycles. The highest BCUT2D eigenvalue weighted by atomic mass is 16.5. The van der Waals surface area contributed by atoms with Crippen LogP contribution in [-0.4, -0.2) is 20.3 Å². The molecule has 0 atom stereocenters. The highest BCUT2D eigenvalue weighted by molar-refractivity contribution is 5.36. The molecule has 0 aliphatic carbocycles. The Hall–Kier alpha value is -1.06. The minimum Gasteiger partial charge on any atom is -0.496 e. The number of benzene rings is 1. The molecule has 0 radical (unpaired) electrons. The Morgan fingerprint density at radius 2 is 1.86 bits per heavy atom. The van der Waals surface area contributed by atoms with Gasteiger partial charge in [0, 0.05) is 18.7 Å². The average Bonchev–Trinajstić information content (AvgIpc) is 2.52. The summed E-state index contributed by atoms with van der Waals surface area (Å²) in [7, 11) is 1.72. The van der Waals surface area contributed by atoms with Crippen LogP contribution in [0.5, 0.6) is 5.75 Å². The third-order valence-electron chi connectivity index (χ3n) is 3.57. The number of methoxy groups -OCH3 is 1. The van der Waals surface area contributed by atoms with E-state index < -0.39 is 0 Å². The van der Waals surface area contributed by atoms with Gasteiger partial charge in [-0.1, -0.05) is 45.6 Å². The molecule has 0 fully saturated rings. The average molecular weight is 293 g/mol. The molecule has 0 unspecified atom stereocenters. The molecule has 0 spiro atoms. The van der Waals surface area contributed by atoms with E-state index in [1.54, 1.807) is 7.11 Å².